The van der Waals surface area contributed by atoms with Gasteiger partial charge in [0.15, 0.2) is 5.65 Å². The number of nitrogens with zero attached hydrogens (tertiary/aromatic N) is 2. The Morgan fingerprint density at radius 3 is 2.71 bits per heavy atom. The molecule has 3 rings (SSSR count). The fourth-order valence-corrected chi connectivity index (χ4v) is 2.54. The SMILES string of the molecule is COc1cnc2nc(-c3ccc(SC)cc3OC)[nH]c2c1. The predicted molar refractivity (Wildman–Crippen MR) is 84.2 cm³/mol. The molecule has 0 unspecified atom stereocenters. The van der Waals surface area contributed by atoms with Crippen molar-refractivity contribution in [2.45, 2.75) is 4.90 Å². The van der Waals surface area contributed by atoms with Gasteiger partial charge >= 0.3 is 0 Å². The zero-order valence-corrected chi connectivity index (χ0v) is 12.8. The van der Waals surface area contributed by atoms with Crippen LogP contribution in [0.4, 0.5) is 0 Å². The first-order valence-electron chi connectivity index (χ1n) is 6.37. The highest BCUT2D eigenvalue weighted by Gasteiger charge is 2.12. The fraction of sp³-hybridized carbons (Fsp3) is 0.200. The normalized spacial score (nSPS) is 10.8. The molecular formula is C15H15N3O2S. The number of ether oxygens (including phenoxy) is 2. The Labute approximate surface area is 126 Å². The van der Waals surface area contributed by atoms with Gasteiger partial charge in [-0.15, -0.1) is 11.8 Å². The summed E-state index contributed by atoms with van der Waals surface area (Å²) in [6.07, 6.45) is 3.69. The Morgan fingerprint density at radius 2 is 2.00 bits per heavy atom. The molecule has 0 atom stereocenters. The number of hydrogen-bond donors (Lipinski definition) is 1. The molecule has 0 saturated carbocycles. The minimum atomic E-state index is 0.654. The van der Waals surface area contributed by atoms with Crippen molar-refractivity contribution < 1.29 is 9.47 Å². The van der Waals surface area contributed by atoms with Gasteiger partial charge in [0.25, 0.3) is 0 Å². The summed E-state index contributed by atoms with van der Waals surface area (Å²) in [4.78, 5) is 13.2. The smallest absolute Gasteiger partial charge is 0.178 e. The highest BCUT2D eigenvalue weighted by molar-refractivity contribution is 7.98. The number of pyridine rings is 1. The van der Waals surface area contributed by atoms with Crippen molar-refractivity contribution in [3.05, 3.63) is 30.5 Å². The molecule has 0 fully saturated rings. The van der Waals surface area contributed by atoms with Crippen molar-refractivity contribution in [1.82, 2.24) is 15.0 Å². The maximum atomic E-state index is 5.46. The summed E-state index contributed by atoms with van der Waals surface area (Å²) >= 11 is 1.67. The molecule has 0 aliphatic carbocycles. The van der Waals surface area contributed by atoms with Gasteiger partial charge < -0.3 is 14.5 Å². The Balaban J connectivity index is 2.11. The number of methoxy groups -OCH3 is 2. The monoisotopic (exact) mass is 301 g/mol. The highest BCUT2D eigenvalue weighted by atomic mass is 32.2. The largest absolute Gasteiger partial charge is 0.496 e. The van der Waals surface area contributed by atoms with Crippen LogP contribution in [0.2, 0.25) is 0 Å². The number of H-pyrrole nitrogens is 1. The lowest BCUT2D eigenvalue weighted by Crippen LogP contribution is -1.89. The standard InChI is InChI=1S/C15H15N3O2S/c1-19-9-6-12-15(16-8-9)18-14(17-12)11-5-4-10(21-3)7-13(11)20-2/h4-8H,1-3H3,(H,16,17,18). The molecule has 0 saturated heterocycles. The van der Waals surface area contributed by atoms with Gasteiger partial charge in [-0.1, -0.05) is 0 Å². The number of imidazole rings is 1. The maximum absolute atomic E-state index is 5.46. The van der Waals surface area contributed by atoms with E-state index < -0.39 is 0 Å². The van der Waals surface area contributed by atoms with Crippen LogP contribution in [0.3, 0.4) is 0 Å². The predicted octanol–water partition coefficient (Wildman–Crippen LogP) is 3.36. The highest BCUT2D eigenvalue weighted by Crippen LogP contribution is 2.32. The fourth-order valence-electron chi connectivity index (χ4n) is 2.11. The molecule has 108 valence electrons. The van der Waals surface area contributed by atoms with E-state index in [-0.39, 0.29) is 0 Å². The molecule has 2 aromatic heterocycles. The van der Waals surface area contributed by atoms with E-state index in [9.17, 15) is 0 Å². The third-order valence-electron chi connectivity index (χ3n) is 3.21. The van der Waals surface area contributed by atoms with Crippen LogP contribution >= 0.6 is 11.8 Å². The summed E-state index contributed by atoms with van der Waals surface area (Å²) in [5.41, 5.74) is 2.40. The van der Waals surface area contributed by atoms with Crippen LogP contribution in [0, 0.1) is 0 Å². The van der Waals surface area contributed by atoms with E-state index >= 15 is 0 Å². The minimum absolute atomic E-state index is 0.654. The number of fused-ring (bicyclic) bond motifs is 1. The number of aromatic amines is 1. The lowest BCUT2D eigenvalue weighted by atomic mass is 10.2. The number of aromatic nitrogens is 3. The van der Waals surface area contributed by atoms with Crippen LogP contribution in [0.5, 0.6) is 11.5 Å². The number of hydrogen-bond acceptors (Lipinski definition) is 5. The van der Waals surface area contributed by atoms with E-state index in [0.717, 1.165) is 27.5 Å². The van der Waals surface area contributed by atoms with Crippen molar-refractivity contribution in [3.8, 4) is 22.9 Å². The van der Waals surface area contributed by atoms with Gasteiger partial charge in [0.1, 0.15) is 17.3 Å². The molecule has 21 heavy (non-hydrogen) atoms. The number of thioether (sulfide) groups is 1. The molecule has 6 heteroatoms. The quantitative estimate of drug-likeness (QED) is 0.749. The summed E-state index contributed by atoms with van der Waals surface area (Å²) in [5, 5.41) is 0. The summed E-state index contributed by atoms with van der Waals surface area (Å²) < 4.78 is 10.6. The molecule has 0 amide bonds. The molecule has 5 nitrogen and oxygen atoms in total. The Hall–Kier alpha value is -2.21. The van der Waals surface area contributed by atoms with Crippen molar-refractivity contribution in [1.29, 1.82) is 0 Å². The molecule has 0 aliphatic rings. The number of nitrogens with one attached hydrogen (secondary N) is 1. The van der Waals surface area contributed by atoms with E-state index in [2.05, 4.69) is 15.0 Å². The first-order chi connectivity index (χ1) is 10.2. The van der Waals surface area contributed by atoms with Gasteiger partial charge in [-0.2, -0.15) is 0 Å². The zero-order valence-electron chi connectivity index (χ0n) is 12.0. The molecule has 2 heterocycles. The zero-order chi connectivity index (χ0) is 14.8. The third-order valence-corrected chi connectivity index (χ3v) is 3.94. The van der Waals surface area contributed by atoms with Gasteiger partial charge in [-0.25, -0.2) is 9.97 Å². The first-order valence-corrected chi connectivity index (χ1v) is 7.59. The van der Waals surface area contributed by atoms with Crippen LogP contribution in [0.15, 0.2) is 35.4 Å². The lowest BCUT2D eigenvalue weighted by Gasteiger charge is -2.07. The molecule has 0 aliphatic heterocycles. The van der Waals surface area contributed by atoms with Gasteiger partial charge in [-0.3, -0.25) is 0 Å². The second kappa shape index (κ2) is 5.65. The first kappa shape index (κ1) is 13.8. The topological polar surface area (TPSA) is 60.0 Å². The van der Waals surface area contributed by atoms with Crippen molar-refractivity contribution in [3.63, 3.8) is 0 Å². The number of rotatable bonds is 4. The molecule has 1 N–H and O–H groups in total. The van der Waals surface area contributed by atoms with Crippen LogP contribution in [-0.4, -0.2) is 35.4 Å². The van der Waals surface area contributed by atoms with E-state index in [1.807, 2.05) is 30.5 Å². The minimum Gasteiger partial charge on any atom is -0.496 e. The van der Waals surface area contributed by atoms with Crippen molar-refractivity contribution in [2.24, 2.45) is 0 Å². The molecule has 0 spiro atoms. The summed E-state index contributed by atoms with van der Waals surface area (Å²) in [6, 6.07) is 7.92. The van der Waals surface area contributed by atoms with E-state index in [4.69, 9.17) is 9.47 Å². The molecule has 3 aromatic rings. The van der Waals surface area contributed by atoms with E-state index in [0.29, 0.717) is 11.4 Å². The molecule has 0 bridgehead atoms. The third kappa shape index (κ3) is 2.54. The Morgan fingerprint density at radius 1 is 1.14 bits per heavy atom. The van der Waals surface area contributed by atoms with E-state index in [1.165, 1.54) is 0 Å². The molecule has 1 aromatic carbocycles. The van der Waals surface area contributed by atoms with Crippen LogP contribution < -0.4 is 9.47 Å². The van der Waals surface area contributed by atoms with Crippen LogP contribution in [0.1, 0.15) is 0 Å². The van der Waals surface area contributed by atoms with E-state index in [1.54, 1.807) is 32.2 Å². The average molecular weight is 301 g/mol. The molecular weight excluding hydrogens is 286 g/mol. The van der Waals surface area contributed by atoms with Gasteiger partial charge in [0.2, 0.25) is 0 Å². The van der Waals surface area contributed by atoms with Gasteiger partial charge in [0, 0.05) is 11.0 Å². The van der Waals surface area contributed by atoms with Crippen molar-refractivity contribution >= 4 is 22.9 Å². The summed E-state index contributed by atoms with van der Waals surface area (Å²) in [5.74, 6) is 2.21. The van der Waals surface area contributed by atoms with Gasteiger partial charge in [-0.05, 0) is 24.5 Å². The Kier molecular flexibility index (Phi) is 3.70. The van der Waals surface area contributed by atoms with Crippen LogP contribution in [-0.2, 0) is 0 Å². The number of benzene rings is 1. The van der Waals surface area contributed by atoms with Gasteiger partial charge in [0.05, 0.1) is 31.5 Å². The second-order valence-corrected chi connectivity index (χ2v) is 5.28. The lowest BCUT2D eigenvalue weighted by molar-refractivity contribution is 0.413. The molecule has 0 radical (unpaired) electrons. The maximum Gasteiger partial charge on any atom is 0.178 e. The summed E-state index contributed by atoms with van der Waals surface area (Å²) in [6.45, 7) is 0. The summed E-state index contributed by atoms with van der Waals surface area (Å²) in [7, 11) is 3.27. The Bertz CT molecular complexity index is 786. The average Bonchev–Trinajstić information content (AvgIpc) is 2.96. The second-order valence-electron chi connectivity index (χ2n) is 4.40. The van der Waals surface area contributed by atoms with Crippen LogP contribution in [0.25, 0.3) is 22.6 Å². The van der Waals surface area contributed by atoms with Crippen molar-refractivity contribution in [2.75, 3.05) is 20.5 Å².